The van der Waals surface area contributed by atoms with E-state index >= 15 is 0 Å². The number of amides is 2. The van der Waals surface area contributed by atoms with Gasteiger partial charge < -0.3 is 24.8 Å². The Kier molecular flexibility index (Phi) is 19.1. The fourth-order valence-electron chi connectivity index (χ4n) is 4.60. The Morgan fingerprint density at radius 2 is 1.41 bits per heavy atom. The van der Waals surface area contributed by atoms with Gasteiger partial charge in [-0.2, -0.15) is 0 Å². The molecule has 0 aliphatic heterocycles. The summed E-state index contributed by atoms with van der Waals surface area (Å²) in [6.07, 6.45) is 10.0. The number of unbranched alkanes of at least 4 members (excludes halogenated alkanes) is 8. The van der Waals surface area contributed by atoms with Crippen LogP contribution in [-0.4, -0.2) is 47.7 Å². The summed E-state index contributed by atoms with van der Waals surface area (Å²) < 4.78 is 16.6. The molecular weight excluding hydrogens is 560 g/mol. The zero-order valence-electron chi connectivity index (χ0n) is 28.2. The number of hydrogen-bond acceptors (Lipinski definition) is 7. The number of nitrogens with one attached hydrogen (secondary N) is 2. The van der Waals surface area contributed by atoms with Crippen LogP contribution in [0.4, 0.5) is 4.79 Å². The Morgan fingerprint density at radius 1 is 0.818 bits per heavy atom. The van der Waals surface area contributed by atoms with E-state index in [1.165, 1.54) is 45.4 Å². The number of rotatable bonds is 21. The van der Waals surface area contributed by atoms with E-state index in [0.29, 0.717) is 12.8 Å². The van der Waals surface area contributed by atoms with Gasteiger partial charge in [0, 0.05) is 0 Å². The lowest BCUT2D eigenvalue weighted by atomic mass is 9.98. The van der Waals surface area contributed by atoms with Gasteiger partial charge in [-0.1, -0.05) is 109 Å². The van der Waals surface area contributed by atoms with Crippen molar-refractivity contribution in [2.45, 2.75) is 156 Å². The van der Waals surface area contributed by atoms with Crippen molar-refractivity contribution in [3.8, 4) is 0 Å². The van der Waals surface area contributed by atoms with Crippen LogP contribution in [0.2, 0.25) is 0 Å². The van der Waals surface area contributed by atoms with E-state index < -0.39 is 47.7 Å². The van der Waals surface area contributed by atoms with Crippen molar-refractivity contribution in [2.75, 3.05) is 0 Å². The van der Waals surface area contributed by atoms with Crippen LogP contribution >= 0.6 is 0 Å². The predicted molar refractivity (Wildman–Crippen MR) is 173 cm³/mol. The lowest BCUT2D eigenvalue weighted by Crippen LogP contribution is -2.53. The summed E-state index contributed by atoms with van der Waals surface area (Å²) in [6, 6.07) is 7.54. The average molecular weight is 619 g/mol. The fourth-order valence-corrected chi connectivity index (χ4v) is 4.60. The van der Waals surface area contributed by atoms with Crippen LogP contribution in [0.25, 0.3) is 0 Å². The molecule has 0 saturated carbocycles. The molecule has 9 heteroatoms. The molecule has 2 amide bonds. The van der Waals surface area contributed by atoms with E-state index in [1.807, 2.05) is 44.2 Å². The first-order valence-corrected chi connectivity index (χ1v) is 16.6. The van der Waals surface area contributed by atoms with Crippen LogP contribution in [-0.2, 0) is 35.2 Å². The third-order valence-electron chi connectivity index (χ3n) is 7.44. The third kappa shape index (κ3) is 17.9. The van der Waals surface area contributed by atoms with E-state index in [0.717, 1.165) is 24.8 Å². The van der Waals surface area contributed by atoms with Crippen molar-refractivity contribution < 1.29 is 33.4 Å². The van der Waals surface area contributed by atoms with E-state index in [1.54, 1.807) is 20.8 Å². The lowest BCUT2D eigenvalue weighted by molar-refractivity contribution is -0.160. The monoisotopic (exact) mass is 618 g/mol. The molecule has 2 N–H and O–H groups in total. The van der Waals surface area contributed by atoms with Gasteiger partial charge in [0.2, 0.25) is 5.91 Å². The highest BCUT2D eigenvalue weighted by Crippen LogP contribution is 2.18. The highest BCUT2D eigenvalue weighted by Gasteiger charge is 2.32. The molecule has 0 saturated heterocycles. The molecule has 0 spiro atoms. The average Bonchev–Trinajstić information content (AvgIpc) is 2.96. The number of esters is 2. The topological polar surface area (TPSA) is 120 Å². The van der Waals surface area contributed by atoms with Gasteiger partial charge in [-0.25, -0.2) is 9.59 Å². The van der Waals surface area contributed by atoms with Gasteiger partial charge in [0.05, 0.1) is 6.42 Å². The fraction of sp³-hybridized carbons (Fsp3) is 0.714. The van der Waals surface area contributed by atoms with Gasteiger partial charge in [-0.3, -0.25) is 9.59 Å². The van der Waals surface area contributed by atoms with Crippen LogP contribution in [0.15, 0.2) is 30.3 Å². The number of ether oxygens (including phenoxy) is 3. The van der Waals surface area contributed by atoms with Crippen LogP contribution in [0.1, 0.15) is 131 Å². The molecule has 0 heterocycles. The van der Waals surface area contributed by atoms with E-state index in [2.05, 4.69) is 17.6 Å². The van der Waals surface area contributed by atoms with Crippen molar-refractivity contribution in [1.82, 2.24) is 10.6 Å². The standard InChI is InChI=1S/C35H58N2O7/c1-8-10-11-12-13-14-15-16-20-23-29(24-30(38)42-25-28-21-18-17-19-22-28)43-33(40)31(26(3)9-2)37-32(39)27(4)36-34(41)44-35(5,6)7/h17-19,21-22,26-27,29,31H,8-16,20,23-25H2,1-7H3,(H,36,41)(H,37,39)/t26-,27+,29?,31-/m0/s1. The highest BCUT2D eigenvalue weighted by atomic mass is 16.6. The minimum Gasteiger partial charge on any atom is -0.461 e. The largest absolute Gasteiger partial charge is 0.461 e. The predicted octanol–water partition coefficient (Wildman–Crippen LogP) is 7.40. The van der Waals surface area contributed by atoms with E-state index in [-0.39, 0.29) is 18.9 Å². The van der Waals surface area contributed by atoms with Gasteiger partial charge in [0.25, 0.3) is 0 Å². The maximum atomic E-state index is 13.4. The molecule has 1 rings (SSSR count). The summed E-state index contributed by atoms with van der Waals surface area (Å²) in [5, 5.41) is 5.25. The highest BCUT2D eigenvalue weighted by molar-refractivity contribution is 5.89. The summed E-state index contributed by atoms with van der Waals surface area (Å²) in [6.45, 7) is 12.8. The smallest absolute Gasteiger partial charge is 0.408 e. The van der Waals surface area contributed by atoms with Gasteiger partial charge in [0.1, 0.15) is 30.4 Å². The number of benzene rings is 1. The van der Waals surface area contributed by atoms with Crippen molar-refractivity contribution >= 4 is 23.9 Å². The molecule has 250 valence electrons. The molecule has 0 fully saturated rings. The minimum atomic E-state index is -0.943. The van der Waals surface area contributed by atoms with Gasteiger partial charge >= 0.3 is 18.0 Å². The molecule has 0 aliphatic rings. The van der Waals surface area contributed by atoms with Crippen molar-refractivity contribution in [3.63, 3.8) is 0 Å². The summed E-state index contributed by atoms with van der Waals surface area (Å²) >= 11 is 0. The van der Waals surface area contributed by atoms with E-state index in [4.69, 9.17) is 14.2 Å². The normalized spacial score (nSPS) is 14.1. The lowest BCUT2D eigenvalue weighted by Gasteiger charge is -2.27. The molecule has 0 aliphatic carbocycles. The molecule has 0 aromatic heterocycles. The Labute approximate surface area is 265 Å². The molecule has 1 aromatic carbocycles. The number of carbonyl (C=O) groups is 4. The van der Waals surface area contributed by atoms with Gasteiger partial charge in [-0.05, 0) is 52.0 Å². The number of carbonyl (C=O) groups excluding carboxylic acids is 4. The first-order chi connectivity index (χ1) is 20.9. The summed E-state index contributed by atoms with van der Waals surface area (Å²) in [4.78, 5) is 51.3. The first kappa shape index (κ1) is 38.9. The summed E-state index contributed by atoms with van der Waals surface area (Å²) in [5.41, 5.74) is 0.164. The molecule has 44 heavy (non-hydrogen) atoms. The molecular formula is C35H58N2O7. The molecule has 4 atom stereocenters. The van der Waals surface area contributed by atoms with Crippen LogP contribution < -0.4 is 10.6 Å². The molecule has 1 unspecified atom stereocenters. The zero-order chi connectivity index (χ0) is 33.0. The number of alkyl carbamates (subject to hydrolysis) is 1. The zero-order valence-corrected chi connectivity index (χ0v) is 28.2. The van der Waals surface area contributed by atoms with E-state index in [9.17, 15) is 19.2 Å². The Hall–Kier alpha value is -3.10. The van der Waals surface area contributed by atoms with Gasteiger partial charge in [-0.15, -0.1) is 0 Å². The second kappa shape index (κ2) is 21.6. The van der Waals surface area contributed by atoms with Crippen LogP contribution in [0.3, 0.4) is 0 Å². The molecule has 0 bridgehead atoms. The third-order valence-corrected chi connectivity index (χ3v) is 7.44. The minimum absolute atomic E-state index is 0.0621. The molecule has 9 nitrogen and oxygen atoms in total. The Morgan fingerprint density at radius 3 is 1.98 bits per heavy atom. The maximum Gasteiger partial charge on any atom is 0.408 e. The SMILES string of the molecule is CCCCCCCCCCCC(CC(=O)OCc1ccccc1)OC(=O)[C@@H](NC(=O)[C@@H](C)NC(=O)OC(C)(C)C)[C@@H](C)CC. The Bertz CT molecular complexity index is 977. The Balaban J connectivity index is 2.81. The van der Waals surface area contributed by atoms with Crippen molar-refractivity contribution in [1.29, 1.82) is 0 Å². The number of hydrogen-bond donors (Lipinski definition) is 2. The quantitative estimate of drug-likeness (QED) is 0.0837. The van der Waals surface area contributed by atoms with Crippen molar-refractivity contribution in [3.05, 3.63) is 35.9 Å². The first-order valence-electron chi connectivity index (χ1n) is 16.6. The maximum absolute atomic E-state index is 13.4. The molecule has 0 radical (unpaired) electrons. The van der Waals surface area contributed by atoms with Crippen molar-refractivity contribution in [2.24, 2.45) is 5.92 Å². The van der Waals surface area contributed by atoms with Crippen LogP contribution in [0, 0.1) is 5.92 Å². The summed E-state index contributed by atoms with van der Waals surface area (Å²) in [5.74, 6) is -1.81. The molecule has 1 aromatic rings. The second-order valence-corrected chi connectivity index (χ2v) is 12.8. The van der Waals surface area contributed by atoms with Gasteiger partial charge in [0.15, 0.2) is 0 Å². The second-order valence-electron chi connectivity index (χ2n) is 12.8. The van der Waals surface area contributed by atoms with Crippen LogP contribution in [0.5, 0.6) is 0 Å². The summed E-state index contributed by atoms with van der Waals surface area (Å²) in [7, 11) is 0.